The second-order valence-corrected chi connectivity index (χ2v) is 6.43. The van der Waals surface area contributed by atoms with E-state index in [9.17, 15) is 0 Å². The van der Waals surface area contributed by atoms with Gasteiger partial charge in [0, 0.05) is 21.8 Å². The number of anilines is 1. The topological polar surface area (TPSA) is 15.3 Å². The summed E-state index contributed by atoms with van der Waals surface area (Å²) in [6.45, 7) is 3.83. The fourth-order valence-electron chi connectivity index (χ4n) is 2.95. The second kappa shape index (κ2) is 5.14. The molecule has 2 nitrogen and oxygen atoms in total. The van der Waals surface area contributed by atoms with Crippen LogP contribution in [0.3, 0.4) is 0 Å². The van der Waals surface area contributed by atoms with Crippen LogP contribution < -0.4 is 5.32 Å². The first-order chi connectivity index (χ1) is 8.31. The molecule has 0 amide bonds. The van der Waals surface area contributed by atoms with Crippen LogP contribution in [0, 0.1) is 3.57 Å². The van der Waals surface area contributed by atoms with E-state index in [-0.39, 0.29) is 0 Å². The number of nitrogens with one attached hydrogen (secondary N) is 1. The largest absolute Gasteiger partial charge is 0.381 e. The zero-order chi connectivity index (χ0) is 11.7. The molecule has 3 rings (SSSR count). The highest BCUT2D eigenvalue weighted by atomic mass is 127. The first kappa shape index (κ1) is 11.8. The van der Waals surface area contributed by atoms with Crippen LogP contribution in [-0.2, 0) is 6.42 Å². The number of rotatable bonds is 2. The molecule has 1 unspecified atom stereocenters. The first-order valence-corrected chi connectivity index (χ1v) is 7.66. The molecule has 0 radical (unpaired) electrons. The van der Waals surface area contributed by atoms with E-state index in [1.165, 1.54) is 60.1 Å². The van der Waals surface area contributed by atoms with E-state index in [0.29, 0.717) is 6.04 Å². The minimum absolute atomic E-state index is 0.653. The quantitative estimate of drug-likeness (QED) is 0.831. The van der Waals surface area contributed by atoms with Gasteiger partial charge in [-0.25, -0.2) is 0 Å². The van der Waals surface area contributed by atoms with E-state index < -0.39 is 0 Å². The fraction of sp³-hybridized carbons (Fsp3) is 0.571. The SMILES string of the molecule is Ic1ccc2c(c1)CCC(CN1CCCC1)N2. The Labute approximate surface area is 117 Å². The summed E-state index contributed by atoms with van der Waals surface area (Å²) in [5.41, 5.74) is 2.86. The molecule has 1 aromatic carbocycles. The van der Waals surface area contributed by atoms with Crippen molar-refractivity contribution in [2.45, 2.75) is 31.7 Å². The van der Waals surface area contributed by atoms with Gasteiger partial charge in [0.2, 0.25) is 0 Å². The number of likely N-dealkylation sites (tertiary alicyclic amines) is 1. The van der Waals surface area contributed by atoms with Crippen molar-refractivity contribution in [2.24, 2.45) is 0 Å². The molecule has 2 heterocycles. The Bertz CT molecular complexity index is 399. The molecule has 2 aliphatic heterocycles. The zero-order valence-corrected chi connectivity index (χ0v) is 12.2. The molecule has 0 bridgehead atoms. The van der Waals surface area contributed by atoms with Gasteiger partial charge in [0.25, 0.3) is 0 Å². The molecule has 0 aliphatic carbocycles. The average Bonchev–Trinajstić information content (AvgIpc) is 2.82. The molecule has 2 aliphatic rings. The number of nitrogens with zero attached hydrogens (tertiary/aromatic N) is 1. The third-order valence-corrected chi connectivity index (χ3v) is 4.54. The van der Waals surface area contributed by atoms with E-state index in [1.54, 1.807) is 0 Å². The average molecular weight is 342 g/mol. The van der Waals surface area contributed by atoms with Gasteiger partial charge in [0.1, 0.15) is 0 Å². The Hall–Kier alpha value is -0.290. The highest BCUT2D eigenvalue weighted by molar-refractivity contribution is 14.1. The molecule has 17 heavy (non-hydrogen) atoms. The minimum Gasteiger partial charge on any atom is -0.381 e. The standard InChI is InChI=1S/C14H19IN2/c15-12-4-6-14-11(9-12)3-5-13(16-14)10-17-7-1-2-8-17/h4,6,9,13,16H,1-3,5,7-8,10H2. The van der Waals surface area contributed by atoms with Crippen LogP contribution in [0.15, 0.2) is 18.2 Å². The molecule has 1 saturated heterocycles. The summed E-state index contributed by atoms with van der Waals surface area (Å²) in [7, 11) is 0. The van der Waals surface area contributed by atoms with Crippen LogP contribution in [0.4, 0.5) is 5.69 Å². The van der Waals surface area contributed by atoms with Crippen molar-refractivity contribution in [1.29, 1.82) is 0 Å². The summed E-state index contributed by atoms with van der Waals surface area (Å²) in [5, 5.41) is 3.71. The molecular weight excluding hydrogens is 323 g/mol. The van der Waals surface area contributed by atoms with Crippen LogP contribution in [0.2, 0.25) is 0 Å². The van der Waals surface area contributed by atoms with Crippen molar-refractivity contribution in [3.8, 4) is 0 Å². The molecule has 1 N–H and O–H groups in total. The lowest BCUT2D eigenvalue weighted by atomic mass is 9.98. The normalized spacial score (nSPS) is 24.4. The maximum absolute atomic E-state index is 3.71. The number of fused-ring (bicyclic) bond motifs is 1. The highest BCUT2D eigenvalue weighted by Gasteiger charge is 2.21. The third-order valence-electron chi connectivity index (χ3n) is 3.87. The van der Waals surface area contributed by atoms with Crippen LogP contribution >= 0.6 is 22.6 Å². The molecule has 92 valence electrons. The lowest BCUT2D eigenvalue weighted by molar-refractivity contribution is 0.314. The number of hydrogen-bond acceptors (Lipinski definition) is 2. The Morgan fingerprint density at radius 3 is 2.94 bits per heavy atom. The smallest absolute Gasteiger partial charge is 0.0391 e. The maximum Gasteiger partial charge on any atom is 0.0391 e. The summed E-state index contributed by atoms with van der Waals surface area (Å²) < 4.78 is 1.35. The first-order valence-electron chi connectivity index (χ1n) is 6.58. The van der Waals surface area contributed by atoms with Crippen LogP contribution in [0.5, 0.6) is 0 Å². The minimum atomic E-state index is 0.653. The summed E-state index contributed by atoms with van der Waals surface area (Å²) in [6, 6.07) is 7.41. The third kappa shape index (κ3) is 2.76. The van der Waals surface area contributed by atoms with E-state index in [4.69, 9.17) is 0 Å². The number of hydrogen-bond donors (Lipinski definition) is 1. The van der Waals surface area contributed by atoms with Gasteiger partial charge in [-0.15, -0.1) is 0 Å². The Morgan fingerprint density at radius 2 is 2.12 bits per heavy atom. The van der Waals surface area contributed by atoms with Gasteiger partial charge in [-0.05, 0) is 85.1 Å². The van der Waals surface area contributed by atoms with E-state index in [1.807, 2.05) is 0 Å². The Balaban J connectivity index is 1.65. The Kier molecular flexibility index (Phi) is 3.56. The van der Waals surface area contributed by atoms with Crippen LogP contribution in [-0.4, -0.2) is 30.6 Å². The summed E-state index contributed by atoms with van der Waals surface area (Å²) in [6.07, 6.45) is 5.30. The maximum atomic E-state index is 3.71. The monoisotopic (exact) mass is 342 g/mol. The van der Waals surface area contributed by atoms with E-state index in [2.05, 4.69) is 51.0 Å². The molecule has 0 aromatic heterocycles. The molecule has 1 atom stereocenters. The van der Waals surface area contributed by atoms with Gasteiger partial charge in [-0.1, -0.05) is 0 Å². The molecule has 3 heteroatoms. The van der Waals surface area contributed by atoms with Gasteiger partial charge < -0.3 is 10.2 Å². The lowest BCUT2D eigenvalue weighted by Gasteiger charge is -2.30. The van der Waals surface area contributed by atoms with Crippen molar-refractivity contribution >= 4 is 28.3 Å². The van der Waals surface area contributed by atoms with E-state index >= 15 is 0 Å². The molecular formula is C14H19IN2. The predicted molar refractivity (Wildman–Crippen MR) is 80.6 cm³/mol. The zero-order valence-electron chi connectivity index (χ0n) is 10.1. The molecule has 0 saturated carbocycles. The molecule has 1 fully saturated rings. The van der Waals surface area contributed by atoms with Gasteiger partial charge in [0.15, 0.2) is 0 Å². The summed E-state index contributed by atoms with van der Waals surface area (Å²) in [5.74, 6) is 0. The van der Waals surface area contributed by atoms with Crippen molar-refractivity contribution in [3.05, 3.63) is 27.3 Å². The number of benzene rings is 1. The summed E-state index contributed by atoms with van der Waals surface area (Å²) in [4.78, 5) is 2.61. The van der Waals surface area contributed by atoms with Gasteiger partial charge in [-0.3, -0.25) is 0 Å². The van der Waals surface area contributed by atoms with Crippen LogP contribution in [0.1, 0.15) is 24.8 Å². The van der Waals surface area contributed by atoms with Crippen molar-refractivity contribution in [3.63, 3.8) is 0 Å². The van der Waals surface area contributed by atoms with Gasteiger partial charge in [0.05, 0.1) is 0 Å². The Morgan fingerprint density at radius 1 is 1.29 bits per heavy atom. The van der Waals surface area contributed by atoms with Crippen molar-refractivity contribution < 1.29 is 0 Å². The molecule has 1 aromatic rings. The van der Waals surface area contributed by atoms with Crippen molar-refractivity contribution in [2.75, 3.05) is 25.0 Å². The highest BCUT2D eigenvalue weighted by Crippen LogP contribution is 2.27. The second-order valence-electron chi connectivity index (χ2n) is 5.19. The molecule has 0 spiro atoms. The lowest BCUT2D eigenvalue weighted by Crippen LogP contribution is -2.37. The van der Waals surface area contributed by atoms with Gasteiger partial charge >= 0.3 is 0 Å². The van der Waals surface area contributed by atoms with Crippen LogP contribution in [0.25, 0.3) is 0 Å². The summed E-state index contributed by atoms with van der Waals surface area (Å²) >= 11 is 2.40. The fourth-order valence-corrected chi connectivity index (χ4v) is 3.50. The van der Waals surface area contributed by atoms with Crippen molar-refractivity contribution in [1.82, 2.24) is 4.90 Å². The number of halogens is 1. The van der Waals surface area contributed by atoms with Gasteiger partial charge in [-0.2, -0.15) is 0 Å². The van der Waals surface area contributed by atoms with E-state index in [0.717, 1.165) is 0 Å². The number of aryl methyl sites for hydroxylation is 1. The predicted octanol–water partition coefficient (Wildman–Crippen LogP) is 3.11.